The van der Waals surface area contributed by atoms with Gasteiger partial charge < -0.3 is 10.1 Å². The van der Waals surface area contributed by atoms with Crippen LogP contribution in [0.4, 0.5) is 4.39 Å². The van der Waals surface area contributed by atoms with E-state index in [1.54, 1.807) is 6.92 Å². The van der Waals surface area contributed by atoms with Crippen LogP contribution in [0.3, 0.4) is 0 Å². The number of amides is 1. The first-order valence-electron chi connectivity index (χ1n) is 6.05. The Hall–Kier alpha value is -1.88. The van der Waals surface area contributed by atoms with E-state index < -0.39 is 17.9 Å². The van der Waals surface area contributed by atoms with Gasteiger partial charge in [-0.25, -0.2) is 9.18 Å². The maximum Gasteiger partial charge on any atom is 0.331 e. The van der Waals surface area contributed by atoms with Gasteiger partial charge in [0, 0.05) is 12.6 Å². The second-order valence-electron chi connectivity index (χ2n) is 3.98. The summed E-state index contributed by atoms with van der Waals surface area (Å²) in [4.78, 5) is 22.9. The molecule has 0 aromatic heterocycles. The monoisotopic (exact) mass is 299 g/mol. The SMILES string of the molecule is CCNC(=O)[C@@H](C)OC(=O)/C=C/c1ccc(F)c(Cl)c1. The zero-order valence-corrected chi connectivity index (χ0v) is 11.9. The summed E-state index contributed by atoms with van der Waals surface area (Å²) in [6.07, 6.45) is 1.71. The van der Waals surface area contributed by atoms with Gasteiger partial charge in [0.25, 0.3) is 5.91 Å². The van der Waals surface area contributed by atoms with E-state index in [-0.39, 0.29) is 10.9 Å². The molecule has 0 aliphatic rings. The molecule has 0 heterocycles. The summed E-state index contributed by atoms with van der Waals surface area (Å²) >= 11 is 5.61. The Balaban J connectivity index is 2.59. The van der Waals surface area contributed by atoms with Crippen molar-refractivity contribution in [2.45, 2.75) is 20.0 Å². The third-order valence-electron chi connectivity index (χ3n) is 2.37. The molecule has 6 heteroatoms. The van der Waals surface area contributed by atoms with E-state index in [2.05, 4.69) is 5.32 Å². The van der Waals surface area contributed by atoms with Gasteiger partial charge in [-0.2, -0.15) is 0 Å². The Morgan fingerprint density at radius 2 is 2.20 bits per heavy atom. The minimum Gasteiger partial charge on any atom is -0.449 e. The standard InChI is InChI=1S/C14H15ClFNO3/c1-3-17-14(19)9(2)20-13(18)7-5-10-4-6-12(16)11(15)8-10/h4-9H,3H2,1-2H3,(H,17,19)/b7-5+/t9-/m1/s1. The topological polar surface area (TPSA) is 55.4 Å². The average molecular weight is 300 g/mol. The zero-order chi connectivity index (χ0) is 15.1. The van der Waals surface area contributed by atoms with Gasteiger partial charge in [0.05, 0.1) is 5.02 Å². The van der Waals surface area contributed by atoms with Gasteiger partial charge in [-0.3, -0.25) is 4.79 Å². The average Bonchev–Trinajstić information content (AvgIpc) is 2.40. The highest BCUT2D eigenvalue weighted by Crippen LogP contribution is 2.16. The quantitative estimate of drug-likeness (QED) is 0.671. The molecule has 1 amide bonds. The first kappa shape index (κ1) is 16.2. The van der Waals surface area contributed by atoms with Crippen molar-refractivity contribution in [3.8, 4) is 0 Å². The minimum atomic E-state index is -0.871. The summed E-state index contributed by atoms with van der Waals surface area (Å²) in [5.41, 5.74) is 0.555. The van der Waals surface area contributed by atoms with Gasteiger partial charge in [-0.05, 0) is 37.6 Å². The van der Waals surface area contributed by atoms with E-state index in [0.717, 1.165) is 6.08 Å². The van der Waals surface area contributed by atoms with Gasteiger partial charge in [0.1, 0.15) is 5.82 Å². The zero-order valence-electron chi connectivity index (χ0n) is 11.2. The van der Waals surface area contributed by atoms with E-state index >= 15 is 0 Å². The van der Waals surface area contributed by atoms with Crippen molar-refractivity contribution in [2.24, 2.45) is 0 Å². The fourth-order valence-electron chi connectivity index (χ4n) is 1.37. The number of esters is 1. The molecule has 0 fully saturated rings. The molecule has 0 bridgehead atoms. The predicted octanol–water partition coefficient (Wildman–Crippen LogP) is 2.56. The number of likely N-dealkylation sites (N-methyl/N-ethyl adjacent to an activating group) is 1. The Morgan fingerprint density at radius 3 is 2.80 bits per heavy atom. The number of ether oxygens (including phenoxy) is 1. The molecule has 1 aromatic rings. The van der Waals surface area contributed by atoms with Crippen molar-refractivity contribution >= 4 is 29.6 Å². The third-order valence-corrected chi connectivity index (χ3v) is 2.66. The van der Waals surface area contributed by atoms with Crippen LogP contribution in [-0.4, -0.2) is 24.5 Å². The second kappa shape index (κ2) is 7.65. The summed E-state index contributed by atoms with van der Waals surface area (Å²) in [7, 11) is 0. The number of carbonyl (C=O) groups excluding carboxylic acids is 2. The minimum absolute atomic E-state index is 0.0313. The third kappa shape index (κ3) is 5.01. The number of benzene rings is 1. The predicted molar refractivity (Wildman–Crippen MR) is 74.7 cm³/mol. The fraction of sp³-hybridized carbons (Fsp3) is 0.286. The lowest BCUT2D eigenvalue weighted by molar-refractivity contribution is -0.150. The summed E-state index contributed by atoms with van der Waals surface area (Å²) in [6, 6.07) is 4.05. The van der Waals surface area contributed by atoms with Crippen molar-refractivity contribution < 1.29 is 18.7 Å². The maximum atomic E-state index is 12.9. The van der Waals surface area contributed by atoms with Crippen LogP contribution in [0.25, 0.3) is 6.08 Å². The van der Waals surface area contributed by atoms with Crippen molar-refractivity contribution in [1.29, 1.82) is 0 Å². The van der Waals surface area contributed by atoms with Crippen molar-refractivity contribution in [3.05, 3.63) is 40.7 Å². The summed E-state index contributed by atoms with van der Waals surface area (Å²) in [5.74, 6) is -1.56. The molecule has 1 atom stereocenters. The maximum absolute atomic E-state index is 12.9. The summed E-state index contributed by atoms with van der Waals surface area (Å²) in [5, 5.41) is 2.51. The molecule has 0 saturated carbocycles. The molecule has 20 heavy (non-hydrogen) atoms. The number of carbonyl (C=O) groups is 2. The lowest BCUT2D eigenvalue weighted by Crippen LogP contribution is -2.35. The van der Waals surface area contributed by atoms with E-state index in [1.807, 2.05) is 0 Å². The molecule has 1 aromatic carbocycles. The number of nitrogens with one attached hydrogen (secondary N) is 1. The van der Waals surface area contributed by atoms with Crippen LogP contribution < -0.4 is 5.32 Å². The van der Waals surface area contributed by atoms with E-state index in [9.17, 15) is 14.0 Å². The van der Waals surface area contributed by atoms with Crippen LogP contribution in [0.5, 0.6) is 0 Å². The molecule has 0 saturated heterocycles. The van der Waals surface area contributed by atoms with Crippen molar-refractivity contribution in [1.82, 2.24) is 5.32 Å². The number of hydrogen-bond donors (Lipinski definition) is 1. The van der Waals surface area contributed by atoms with E-state index in [1.165, 1.54) is 31.2 Å². The lowest BCUT2D eigenvalue weighted by atomic mass is 10.2. The van der Waals surface area contributed by atoms with E-state index in [0.29, 0.717) is 12.1 Å². The van der Waals surface area contributed by atoms with E-state index in [4.69, 9.17) is 16.3 Å². The Bertz CT molecular complexity index is 531. The Labute approximate surface area is 121 Å². The Morgan fingerprint density at radius 1 is 1.50 bits per heavy atom. The molecule has 1 rings (SSSR count). The highest BCUT2D eigenvalue weighted by atomic mass is 35.5. The molecule has 0 radical (unpaired) electrons. The molecule has 0 unspecified atom stereocenters. The van der Waals surface area contributed by atoms with Crippen LogP contribution in [-0.2, 0) is 14.3 Å². The molecular formula is C14H15ClFNO3. The first-order valence-corrected chi connectivity index (χ1v) is 6.43. The highest BCUT2D eigenvalue weighted by molar-refractivity contribution is 6.30. The smallest absolute Gasteiger partial charge is 0.331 e. The van der Waals surface area contributed by atoms with Crippen molar-refractivity contribution in [2.75, 3.05) is 6.54 Å². The molecule has 0 aliphatic heterocycles. The molecule has 108 valence electrons. The normalized spacial score (nSPS) is 12.2. The van der Waals surface area contributed by atoms with Crippen LogP contribution in [0.2, 0.25) is 5.02 Å². The molecular weight excluding hydrogens is 285 g/mol. The summed E-state index contributed by atoms with van der Waals surface area (Å²) < 4.78 is 17.8. The largest absolute Gasteiger partial charge is 0.449 e. The number of hydrogen-bond acceptors (Lipinski definition) is 3. The van der Waals surface area contributed by atoms with Gasteiger partial charge >= 0.3 is 5.97 Å². The van der Waals surface area contributed by atoms with Crippen LogP contribution >= 0.6 is 11.6 Å². The number of halogens is 2. The second-order valence-corrected chi connectivity index (χ2v) is 4.39. The van der Waals surface area contributed by atoms with Crippen LogP contribution in [0, 0.1) is 5.82 Å². The molecule has 4 nitrogen and oxygen atoms in total. The van der Waals surface area contributed by atoms with Crippen molar-refractivity contribution in [3.63, 3.8) is 0 Å². The molecule has 1 N–H and O–H groups in total. The molecule has 0 spiro atoms. The molecule has 0 aliphatic carbocycles. The lowest BCUT2D eigenvalue weighted by Gasteiger charge is -2.10. The van der Waals surface area contributed by atoms with Crippen LogP contribution in [0.15, 0.2) is 24.3 Å². The summed E-state index contributed by atoms with van der Waals surface area (Å²) in [6.45, 7) is 3.71. The first-order chi connectivity index (χ1) is 9.43. The van der Waals surface area contributed by atoms with Gasteiger partial charge in [0.15, 0.2) is 6.10 Å². The number of rotatable bonds is 5. The van der Waals surface area contributed by atoms with Gasteiger partial charge in [-0.1, -0.05) is 17.7 Å². The Kier molecular flexibility index (Phi) is 6.18. The van der Waals surface area contributed by atoms with Crippen LogP contribution in [0.1, 0.15) is 19.4 Å². The van der Waals surface area contributed by atoms with Gasteiger partial charge in [0.2, 0.25) is 0 Å². The van der Waals surface area contributed by atoms with Gasteiger partial charge in [-0.15, -0.1) is 0 Å². The fourth-order valence-corrected chi connectivity index (χ4v) is 1.55. The highest BCUT2D eigenvalue weighted by Gasteiger charge is 2.15.